The maximum Gasteiger partial charge on any atom is 0.198 e. The summed E-state index contributed by atoms with van der Waals surface area (Å²) < 4.78 is 32.3. The van der Waals surface area contributed by atoms with Gasteiger partial charge >= 0.3 is 0 Å². The summed E-state index contributed by atoms with van der Waals surface area (Å²) in [5.74, 6) is -2.51. The van der Waals surface area contributed by atoms with E-state index in [0.29, 0.717) is 6.29 Å². The molecule has 0 aromatic heterocycles. The molecule has 0 saturated heterocycles. The van der Waals surface area contributed by atoms with Gasteiger partial charge in [-0.25, -0.2) is 8.78 Å². The van der Waals surface area contributed by atoms with Crippen LogP contribution in [0.25, 0.3) is 0 Å². The third kappa shape index (κ3) is 3.22. The van der Waals surface area contributed by atoms with Gasteiger partial charge in [-0.1, -0.05) is 23.2 Å². The van der Waals surface area contributed by atoms with Crippen molar-refractivity contribution in [1.29, 1.82) is 0 Å². The number of aldehydes is 1. The smallest absolute Gasteiger partial charge is 0.198 e. The highest BCUT2D eigenvalue weighted by atomic mass is 35.5. The summed E-state index contributed by atoms with van der Waals surface area (Å²) in [5, 5.41) is 0.542. The fraction of sp³-hybridized carbons (Fsp3) is 0. The van der Waals surface area contributed by atoms with Crippen LogP contribution >= 0.6 is 23.2 Å². The lowest BCUT2D eigenvalue weighted by atomic mass is 10.2. The van der Waals surface area contributed by atoms with Gasteiger partial charge in [-0.2, -0.15) is 0 Å². The molecule has 19 heavy (non-hydrogen) atoms. The van der Waals surface area contributed by atoms with Crippen molar-refractivity contribution in [2.24, 2.45) is 0 Å². The standard InChI is InChI=1S/C13H6Cl2F2O2/c14-8-3-9(15)5-10(4-8)19-13-11(16)1-7(6-18)2-12(13)17/h1-6H. The van der Waals surface area contributed by atoms with Crippen molar-refractivity contribution in [2.75, 3.05) is 0 Å². The molecule has 0 aliphatic carbocycles. The Bertz CT molecular complexity index is 601. The second-order valence-electron chi connectivity index (χ2n) is 3.64. The molecular formula is C13H6Cl2F2O2. The first-order chi connectivity index (χ1) is 8.99. The molecule has 2 aromatic rings. The van der Waals surface area contributed by atoms with Crippen molar-refractivity contribution in [3.05, 3.63) is 57.6 Å². The molecule has 2 aromatic carbocycles. The van der Waals surface area contributed by atoms with Gasteiger partial charge in [-0.15, -0.1) is 0 Å². The molecule has 2 rings (SSSR count). The monoisotopic (exact) mass is 302 g/mol. The third-order valence-corrected chi connectivity index (χ3v) is 2.65. The van der Waals surface area contributed by atoms with Gasteiger partial charge in [0.05, 0.1) is 0 Å². The molecule has 0 aliphatic heterocycles. The minimum absolute atomic E-state index is 0.0918. The average molecular weight is 303 g/mol. The van der Waals surface area contributed by atoms with Crippen molar-refractivity contribution in [2.45, 2.75) is 0 Å². The molecule has 0 spiro atoms. The zero-order valence-corrected chi connectivity index (χ0v) is 10.8. The normalized spacial score (nSPS) is 10.3. The first-order valence-electron chi connectivity index (χ1n) is 5.08. The lowest BCUT2D eigenvalue weighted by Crippen LogP contribution is -1.95. The number of hydrogen-bond donors (Lipinski definition) is 0. The number of benzene rings is 2. The fourth-order valence-electron chi connectivity index (χ4n) is 1.45. The highest BCUT2D eigenvalue weighted by Crippen LogP contribution is 2.31. The van der Waals surface area contributed by atoms with E-state index in [2.05, 4.69) is 0 Å². The second kappa shape index (κ2) is 5.55. The van der Waals surface area contributed by atoms with Gasteiger partial charge in [-0.3, -0.25) is 4.79 Å². The summed E-state index contributed by atoms with van der Waals surface area (Å²) in [6, 6.07) is 5.92. The summed E-state index contributed by atoms with van der Waals surface area (Å²) >= 11 is 11.5. The van der Waals surface area contributed by atoms with Crippen molar-refractivity contribution in [1.82, 2.24) is 0 Å². The van der Waals surface area contributed by atoms with Crippen LogP contribution in [0.15, 0.2) is 30.3 Å². The summed E-state index contributed by atoms with van der Waals surface area (Å²) in [6.45, 7) is 0. The number of halogens is 4. The molecule has 0 atom stereocenters. The molecule has 0 N–H and O–H groups in total. The minimum atomic E-state index is -0.988. The van der Waals surface area contributed by atoms with Crippen molar-refractivity contribution in [3.8, 4) is 11.5 Å². The summed E-state index contributed by atoms with van der Waals surface area (Å²) in [4.78, 5) is 10.5. The van der Waals surface area contributed by atoms with Crippen LogP contribution in [0.5, 0.6) is 11.5 Å². The van der Waals surface area contributed by atoms with E-state index in [1.807, 2.05) is 0 Å². The zero-order chi connectivity index (χ0) is 14.0. The lowest BCUT2D eigenvalue weighted by Gasteiger charge is -2.09. The van der Waals surface area contributed by atoms with E-state index in [0.717, 1.165) is 12.1 Å². The maximum absolute atomic E-state index is 13.6. The largest absolute Gasteiger partial charge is 0.451 e. The van der Waals surface area contributed by atoms with E-state index in [1.54, 1.807) is 0 Å². The molecule has 0 amide bonds. The van der Waals surface area contributed by atoms with E-state index in [1.165, 1.54) is 18.2 Å². The van der Waals surface area contributed by atoms with Gasteiger partial charge < -0.3 is 4.74 Å². The molecule has 98 valence electrons. The third-order valence-electron chi connectivity index (χ3n) is 2.21. The zero-order valence-electron chi connectivity index (χ0n) is 9.29. The number of carbonyl (C=O) groups excluding carboxylic acids is 1. The summed E-state index contributed by atoms with van der Waals surface area (Å²) in [7, 11) is 0. The van der Waals surface area contributed by atoms with Gasteiger partial charge in [0.1, 0.15) is 12.0 Å². The summed E-state index contributed by atoms with van der Waals surface area (Å²) in [5.41, 5.74) is -0.119. The van der Waals surface area contributed by atoms with Gasteiger partial charge in [0.15, 0.2) is 17.4 Å². The van der Waals surface area contributed by atoms with Crippen LogP contribution in [-0.2, 0) is 0 Å². The van der Waals surface area contributed by atoms with E-state index in [4.69, 9.17) is 27.9 Å². The molecule has 0 saturated carbocycles. The number of carbonyl (C=O) groups is 1. The quantitative estimate of drug-likeness (QED) is 0.756. The van der Waals surface area contributed by atoms with E-state index < -0.39 is 17.4 Å². The number of ether oxygens (including phenoxy) is 1. The summed E-state index contributed by atoms with van der Waals surface area (Å²) in [6.07, 6.45) is 0.339. The number of hydrogen-bond acceptors (Lipinski definition) is 2. The highest BCUT2D eigenvalue weighted by Gasteiger charge is 2.14. The number of rotatable bonds is 3. The molecule has 6 heteroatoms. The van der Waals surface area contributed by atoms with Gasteiger partial charge in [0.2, 0.25) is 0 Å². The first kappa shape index (κ1) is 13.8. The van der Waals surface area contributed by atoms with Crippen molar-refractivity contribution >= 4 is 29.5 Å². The van der Waals surface area contributed by atoms with Crippen LogP contribution < -0.4 is 4.74 Å². The highest BCUT2D eigenvalue weighted by molar-refractivity contribution is 6.34. The fourth-order valence-corrected chi connectivity index (χ4v) is 1.96. The van der Waals surface area contributed by atoms with Crippen LogP contribution in [0.3, 0.4) is 0 Å². The predicted octanol–water partition coefficient (Wildman–Crippen LogP) is 4.88. The van der Waals surface area contributed by atoms with Crippen molar-refractivity contribution < 1.29 is 18.3 Å². The first-order valence-corrected chi connectivity index (χ1v) is 5.83. The Morgan fingerprint density at radius 3 is 1.95 bits per heavy atom. The SMILES string of the molecule is O=Cc1cc(F)c(Oc2cc(Cl)cc(Cl)c2)c(F)c1. The van der Waals surface area contributed by atoms with Gasteiger partial charge in [0, 0.05) is 15.6 Å². The van der Waals surface area contributed by atoms with Gasteiger partial charge in [-0.05, 0) is 30.3 Å². The lowest BCUT2D eigenvalue weighted by molar-refractivity contribution is 0.112. The van der Waals surface area contributed by atoms with Crippen LogP contribution in [0, 0.1) is 11.6 Å². The average Bonchev–Trinajstić information content (AvgIpc) is 2.32. The minimum Gasteiger partial charge on any atom is -0.451 e. The maximum atomic E-state index is 13.6. The molecule has 2 nitrogen and oxygen atoms in total. The Balaban J connectivity index is 2.40. The molecule has 0 fully saturated rings. The Labute approximate surface area is 117 Å². The van der Waals surface area contributed by atoms with Crippen LogP contribution in [0.4, 0.5) is 8.78 Å². The van der Waals surface area contributed by atoms with E-state index in [-0.39, 0.29) is 21.4 Å². The Kier molecular flexibility index (Phi) is 4.02. The Morgan fingerprint density at radius 1 is 0.947 bits per heavy atom. The predicted molar refractivity (Wildman–Crippen MR) is 68.3 cm³/mol. The Morgan fingerprint density at radius 2 is 1.47 bits per heavy atom. The molecular weight excluding hydrogens is 297 g/mol. The van der Waals surface area contributed by atoms with Crippen LogP contribution in [-0.4, -0.2) is 6.29 Å². The molecule has 0 radical (unpaired) electrons. The van der Waals surface area contributed by atoms with Crippen LogP contribution in [0.1, 0.15) is 10.4 Å². The second-order valence-corrected chi connectivity index (χ2v) is 4.51. The topological polar surface area (TPSA) is 26.3 Å². The molecule has 0 heterocycles. The Hall–Kier alpha value is -1.65. The molecule has 0 aliphatic rings. The van der Waals surface area contributed by atoms with Crippen LogP contribution in [0.2, 0.25) is 10.0 Å². The van der Waals surface area contributed by atoms with E-state index in [9.17, 15) is 13.6 Å². The molecule has 0 unspecified atom stereocenters. The van der Waals surface area contributed by atoms with Gasteiger partial charge in [0.25, 0.3) is 0 Å². The van der Waals surface area contributed by atoms with Crippen molar-refractivity contribution in [3.63, 3.8) is 0 Å². The van der Waals surface area contributed by atoms with E-state index >= 15 is 0 Å². The molecule has 0 bridgehead atoms.